The quantitative estimate of drug-likeness (QED) is 0.826. The molecule has 7 heteroatoms. The summed E-state index contributed by atoms with van der Waals surface area (Å²) in [4.78, 5) is 27.1. The third-order valence-electron chi connectivity index (χ3n) is 4.85. The fraction of sp³-hybridized carbons (Fsp3) is 0.200. The van der Waals surface area contributed by atoms with Crippen LogP contribution in [0.3, 0.4) is 0 Å². The molecule has 0 aliphatic carbocycles. The SMILES string of the molecule is COC(=O)C1C2=C(c3ccc(F)c(F)c3)NCCN2C(=O)c2ccccc21. The molecule has 138 valence electrons. The number of fused-ring (bicyclic) bond motifs is 2. The first kappa shape index (κ1) is 17.2. The van der Waals surface area contributed by atoms with Crippen molar-refractivity contribution in [1.29, 1.82) is 0 Å². The summed E-state index contributed by atoms with van der Waals surface area (Å²) < 4.78 is 32.2. The van der Waals surface area contributed by atoms with Gasteiger partial charge in [-0.2, -0.15) is 0 Å². The van der Waals surface area contributed by atoms with Crippen LogP contribution in [-0.2, 0) is 9.53 Å². The fourth-order valence-corrected chi connectivity index (χ4v) is 3.64. The van der Waals surface area contributed by atoms with Crippen LogP contribution in [0.5, 0.6) is 0 Å². The van der Waals surface area contributed by atoms with Crippen LogP contribution in [-0.4, -0.2) is 37.0 Å². The Kier molecular flexibility index (Phi) is 4.14. The molecule has 2 aromatic rings. The van der Waals surface area contributed by atoms with Crippen molar-refractivity contribution in [1.82, 2.24) is 10.2 Å². The average Bonchev–Trinajstić information content (AvgIpc) is 2.70. The second-order valence-corrected chi connectivity index (χ2v) is 6.32. The lowest BCUT2D eigenvalue weighted by atomic mass is 9.83. The number of carbonyl (C=O) groups is 2. The molecule has 5 nitrogen and oxygen atoms in total. The van der Waals surface area contributed by atoms with E-state index in [2.05, 4.69) is 5.32 Å². The molecule has 0 bridgehead atoms. The number of ether oxygens (including phenoxy) is 1. The van der Waals surface area contributed by atoms with Crippen molar-refractivity contribution in [2.75, 3.05) is 20.2 Å². The first-order valence-electron chi connectivity index (χ1n) is 8.45. The molecular formula is C20H16F2N2O3. The van der Waals surface area contributed by atoms with Gasteiger partial charge < -0.3 is 15.0 Å². The van der Waals surface area contributed by atoms with E-state index in [0.717, 1.165) is 12.1 Å². The predicted molar refractivity (Wildman–Crippen MR) is 93.5 cm³/mol. The van der Waals surface area contributed by atoms with Gasteiger partial charge in [-0.15, -0.1) is 0 Å². The van der Waals surface area contributed by atoms with E-state index in [1.165, 1.54) is 18.1 Å². The predicted octanol–water partition coefficient (Wildman–Crippen LogP) is 2.65. The largest absolute Gasteiger partial charge is 0.468 e. The second-order valence-electron chi connectivity index (χ2n) is 6.32. The molecule has 2 aromatic carbocycles. The standard InChI is InChI=1S/C20H16F2N2O3/c1-27-20(26)16-12-4-2-3-5-13(12)19(25)24-9-8-23-17(18(16)24)11-6-7-14(21)15(22)10-11/h2-7,10,16,23H,8-9H2,1H3. The highest BCUT2D eigenvalue weighted by Gasteiger charge is 2.43. The third kappa shape index (κ3) is 2.66. The number of methoxy groups -OCH3 is 1. The van der Waals surface area contributed by atoms with Crippen LogP contribution in [0.15, 0.2) is 48.2 Å². The number of hydrogen-bond donors (Lipinski definition) is 1. The van der Waals surface area contributed by atoms with Crippen LogP contribution in [0.2, 0.25) is 0 Å². The Balaban J connectivity index is 1.99. The van der Waals surface area contributed by atoms with Gasteiger partial charge in [-0.3, -0.25) is 9.59 Å². The van der Waals surface area contributed by atoms with Crippen LogP contribution in [0.25, 0.3) is 5.70 Å². The molecule has 1 amide bonds. The van der Waals surface area contributed by atoms with Crippen molar-refractivity contribution in [2.24, 2.45) is 0 Å². The number of rotatable bonds is 2. The summed E-state index contributed by atoms with van der Waals surface area (Å²) in [6.07, 6.45) is 0. The van der Waals surface area contributed by atoms with Gasteiger partial charge in [0.2, 0.25) is 0 Å². The molecule has 1 N–H and O–H groups in total. The Hall–Kier alpha value is -3.22. The molecule has 0 saturated heterocycles. The number of carbonyl (C=O) groups excluding carboxylic acids is 2. The highest BCUT2D eigenvalue weighted by molar-refractivity contribution is 6.04. The van der Waals surface area contributed by atoms with E-state index in [4.69, 9.17) is 4.74 Å². The topological polar surface area (TPSA) is 58.6 Å². The Morgan fingerprint density at radius 1 is 1.19 bits per heavy atom. The first-order chi connectivity index (χ1) is 13.0. The van der Waals surface area contributed by atoms with Crippen LogP contribution in [0, 0.1) is 11.6 Å². The maximum Gasteiger partial charge on any atom is 0.319 e. The van der Waals surface area contributed by atoms with E-state index >= 15 is 0 Å². The van der Waals surface area contributed by atoms with E-state index < -0.39 is 23.5 Å². The minimum absolute atomic E-state index is 0.234. The third-order valence-corrected chi connectivity index (χ3v) is 4.85. The first-order valence-corrected chi connectivity index (χ1v) is 8.45. The Bertz CT molecular complexity index is 987. The summed E-state index contributed by atoms with van der Waals surface area (Å²) in [5, 5.41) is 3.13. The highest BCUT2D eigenvalue weighted by Crippen LogP contribution is 2.41. The zero-order chi connectivity index (χ0) is 19.1. The summed E-state index contributed by atoms with van der Waals surface area (Å²) in [7, 11) is 1.28. The molecule has 2 aliphatic heterocycles. The normalized spacial score (nSPS) is 18.6. The molecule has 2 aliphatic rings. The summed E-state index contributed by atoms with van der Waals surface area (Å²) in [5.74, 6) is -3.58. The van der Waals surface area contributed by atoms with Gasteiger partial charge in [0, 0.05) is 24.2 Å². The molecular weight excluding hydrogens is 354 g/mol. The van der Waals surface area contributed by atoms with Crippen molar-refractivity contribution in [3.63, 3.8) is 0 Å². The highest BCUT2D eigenvalue weighted by atomic mass is 19.2. The van der Waals surface area contributed by atoms with Crippen LogP contribution >= 0.6 is 0 Å². The average molecular weight is 370 g/mol. The van der Waals surface area contributed by atoms with Crippen LogP contribution in [0.1, 0.15) is 27.4 Å². The maximum absolute atomic E-state index is 13.8. The Morgan fingerprint density at radius 3 is 2.70 bits per heavy atom. The van der Waals surface area contributed by atoms with Gasteiger partial charge in [-0.25, -0.2) is 8.78 Å². The molecule has 0 saturated carbocycles. The number of esters is 1. The molecule has 0 radical (unpaired) electrons. The zero-order valence-corrected chi connectivity index (χ0v) is 14.5. The number of halogens is 2. The number of amides is 1. The number of benzene rings is 2. The lowest BCUT2D eigenvalue weighted by Gasteiger charge is -2.40. The van der Waals surface area contributed by atoms with Crippen molar-refractivity contribution in [3.8, 4) is 0 Å². The van der Waals surface area contributed by atoms with Gasteiger partial charge in [0.1, 0.15) is 5.92 Å². The van der Waals surface area contributed by atoms with E-state index in [1.54, 1.807) is 24.3 Å². The second kappa shape index (κ2) is 6.50. The minimum Gasteiger partial charge on any atom is -0.468 e. The van der Waals surface area contributed by atoms with Gasteiger partial charge >= 0.3 is 5.97 Å². The van der Waals surface area contributed by atoms with Gasteiger partial charge in [0.15, 0.2) is 11.6 Å². The van der Waals surface area contributed by atoms with Crippen LogP contribution in [0.4, 0.5) is 8.78 Å². The van der Waals surface area contributed by atoms with Gasteiger partial charge in [-0.05, 0) is 29.8 Å². The molecule has 27 heavy (non-hydrogen) atoms. The number of nitrogens with zero attached hydrogens (tertiary/aromatic N) is 1. The minimum atomic E-state index is -1.00. The molecule has 1 atom stereocenters. The monoisotopic (exact) mass is 370 g/mol. The lowest BCUT2D eigenvalue weighted by Crippen LogP contribution is -2.48. The zero-order valence-electron chi connectivity index (χ0n) is 14.5. The molecule has 4 rings (SSSR count). The van der Waals surface area contributed by atoms with E-state index in [0.29, 0.717) is 41.2 Å². The van der Waals surface area contributed by atoms with Gasteiger partial charge in [0.25, 0.3) is 5.91 Å². The van der Waals surface area contributed by atoms with Crippen molar-refractivity contribution in [2.45, 2.75) is 5.92 Å². The maximum atomic E-state index is 13.8. The fourth-order valence-electron chi connectivity index (χ4n) is 3.64. The summed E-state index contributed by atoms with van der Waals surface area (Å²) >= 11 is 0. The Morgan fingerprint density at radius 2 is 1.96 bits per heavy atom. The molecule has 0 spiro atoms. The van der Waals surface area contributed by atoms with Crippen molar-refractivity contribution in [3.05, 3.63) is 76.5 Å². The van der Waals surface area contributed by atoms with Gasteiger partial charge in [0.05, 0.1) is 18.5 Å². The van der Waals surface area contributed by atoms with Crippen molar-refractivity contribution < 1.29 is 23.1 Å². The van der Waals surface area contributed by atoms with E-state index in [9.17, 15) is 18.4 Å². The molecule has 1 unspecified atom stereocenters. The van der Waals surface area contributed by atoms with Gasteiger partial charge in [-0.1, -0.05) is 18.2 Å². The molecule has 2 heterocycles. The van der Waals surface area contributed by atoms with E-state index in [1.807, 2.05) is 0 Å². The summed E-state index contributed by atoms with van der Waals surface area (Å²) in [6.45, 7) is 0.767. The molecule has 0 aromatic heterocycles. The number of hydrogen-bond acceptors (Lipinski definition) is 4. The summed E-state index contributed by atoms with van der Waals surface area (Å²) in [6, 6.07) is 10.3. The van der Waals surface area contributed by atoms with Crippen molar-refractivity contribution >= 4 is 17.6 Å². The molecule has 0 fully saturated rings. The van der Waals surface area contributed by atoms with E-state index in [-0.39, 0.29) is 5.91 Å². The Labute approximate surface area is 154 Å². The number of nitrogens with one attached hydrogen (secondary N) is 1. The summed E-state index contributed by atoms with van der Waals surface area (Å²) in [5.41, 5.74) is 2.13. The van der Waals surface area contributed by atoms with Crippen LogP contribution < -0.4 is 5.32 Å². The smallest absolute Gasteiger partial charge is 0.319 e. The lowest BCUT2D eigenvalue weighted by molar-refractivity contribution is -0.141.